The molecule has 0 spiro atoms. The van der Waals surface area contributed by atoms with Gasteiger partial charge in [-0.1, -0.05) is 24.3 Å². The van der Waals surface area contributed by atoms with Crippen molar-refractivity contribution in [1.29, 1.82) is 5.41 Å². The number of benzene rings is 2. The van der Waals surface area contributed by atoms with Crippen LogP contribution in [0.4, 0.5) is 9.18 Å². The van der Waals surface area contributed by atoms with Gasteiger partial charge in [0, 0.05) is 0 Å². The van der Waals surface area contributed by atoms with Crippen LogP contribution in [0.1, 0.15) is 31.2 Å². The highest BCUT2D eigenvalue weighted by Gasteiger charge is 2.28. The van der Waals surface area contributed by atoms with Gasteiger partial charge >= 0.3 is 6.09 Å². The van der Waals surface area contributed by atoms with E-state index in [4.69, 9.17) is 10.1 Å². The van der Waals surface area contributed by atoms with Gasteiger partial charge in [-0.15, -0.1) is 23.1 Å². The van der Waals surface area contributed by atoms with Gasteiger partial charge in [-0.2, -0.15) is 0 Å². The van der Waals surface area contributed by atoms with Crippen LogP contribution in [0.5, 0.6) is 0 Å². The summed E-state index contributed by atoms with van der Waals surface area (Å²) >= 11 is 2.35. The lowest BCUT2D eigenvalue weighted by Gasteiger charge is -2.19. The zero-order chi connectivity index (χ0) is 25.3. The summed E-state index contributed by atoms with van der Waals surface area (Å²) in [7, 11) is -3.95. The first kappa shape index (κ1) is 25.9. The predicted molar refractivity (Wildman–Crippen MR) is 134 cm³/mol. The fourth-order valence-corrected chi connectivity index (χ4v) is 7.40. The highest BCUT2D eigenvalue weighted by Crippen LogP contribution is 2.39. The lowest BCUT2D eigenvalue weighted by atomic mass is 10.0. The molecule has 180 valence electrons. The number of alkyl carbamates (subject to hydrolysis) is 1. The van der Waals surface area contributed by atoms with Crippen molar-refractivity contribution in [3.8, 4) is 11.1 Å². The van der Waals surface area contributed by atoms with Crippen molar-refractivity contribution in [1.82, 2.24) is 5.32 Å². The van der Waals surface area contributed by atoms with E-state index in [0.717, 1.165) is 11.3 Å². The molecule has 0 saturated heterocycles. The number of nitrogens with one attached hydrogen (secondary N) is 2. The molecule has 3 aromatic rings. The van der Waals surface area contributed by atoms with Crippen molar-refractivity contribution >= 4 is 44.9 Å². The van der Waals surface area contributed by atoms with E-state index in [1.807, 2.05) is 0 Å². The summed E-state index contributed by atoms with van der Waals surface area (Å²) in [5.41, 5.74) is 1.19. The van der Waals surface area contributed by atoms with Crippen molar-refractivity contribution in [3.05, 3.63) is 64.8 Å². The molecule has 0 radical (unpaired) electrons. The average Bonchev–Trinajstić information content (AvgIpc) is 3.19. The fourth-order valence-electron chi connectivity index (χ4n) is 3.24. The molecule has 0 unspecified atom stereocenters. The molecule has 2 aromatic carbocycles. The summed E-state index contributed by atoms with van der Waals surface area (Å²) in [6.07, 6.45) is 0.963. The van der Waals surface area contributed by atoms with Crippen LogP contribution < -0.4 is 5.32 Å². The van der Waals surface area contributed by atoms with Crippen molar-refractivity contribution in [2.24, 2.45) is 0 Å². The minimum absolute atomic E-state index is 0.0649. The van der Waals surface area contributed by atoms with Gasteiger partial charge in [-0.25, -0.2) is 17.6 Å². The lowest BCUT2D eigenvalue weighted by Crippen LogP contribution is -2.36. The van der Waals surface area contributed by atoms with Crippen molar-refractivity contribution < 1.29 is 22.3 Å². The third-order valence-corrected chi connectivity index (χ3v) is 9.21. The molecule has 0 aliphatic carbocycles. The lowest BCUT2D eigenvalue weighted by molar-refractivity contribution is 0.0563. The molecule has 1 amide bonds. The van der Waals surface area contributed by atoms with Gasteiger partial charge in [0.15, 0.2) is 0 Å². The molecule has 1 heterocycles. The Balaban J connectivity index is 1.99. The zero-order valence-electron chi connectivity index (χ0n) is 19.4. The number of carbonyl (C=O) groups excluding carboxylic acids is 1. The first-order valence-electron chi connectivity index (χ1n) is 10.2. The Morgan fingerprint density at radius 3 is 2.35 bits per heavy atom. The Morgan fingerprint density at radius 2 is 1.76 bits per heavy atom. The molecule has 0 bridgehead atoms. The van der Waals surface area contributed by atoms with Crippen LogP contribution in [0, 0.1) is 18.2 Å². The molecule has 2 N–H and O–H groups in total. The molecule has 0 fully saturated rings. The standard InChI is InChI=1S/C24H25FN2O4S3/c1-14-17(15-9-11-16(25)12-10-15)7-6-8-19(14)34(29,30)20-13-18(33-22(20)32-5)21(26)27-23(28)31-24(2,3)4/h6-13H,1-5H3,(H2,26,27,28). The van der Waals surface area contributed by atoms with Gasteiger partial charge < -0.3 is 4.74 Å². The SMILES string of the molecule is CSc1sc(C(=N)NC(=O)OC(C)(C)C)cc1S(=O)(=O)c1cccc(-c2ccc(F)cc2)c1C. The van der Waals surface area contributed by atoms with Crippen molar-refractivity contribution in [2.75, 3.05) is 6.26 Å². The zero-order valence-corrected chi connectivity index (χ0v) is 21.8. The van der Waals surface area contributed by atoms with E-state index in [-0.39, 0.29) is 21.4 Å². The molecular weight excluding hydrogens is 495 g/mol. The predicted octanol–water partition coefficient (Wildman–Crippen LogP) is 6.27. The molecule has 0 aliphatic heterocycles. The second-order valence-corrected chi connectivity index (χ2v) is 12.4. The molecule has 0 atom stereocenters. The summed E-state index contributed by atoms with van der Waals surface area (Å²) in [5, 5.41) is 10.6. The molecule has 0 saturated carbocycles. The fraction of sp³-hybridized carbons (Fsp3) is 0.250. The maximum atomic E-state index is 13.7. The Hall–Kier alpha value is -2.69. The minimum Gasteiger partial charge on any atom is -0.444 e. The summed E-state index contributed by atoms with van der Waals surface area (Å²) in [6.45, 7) is 6.84. The molecule has 0 aliphatic rings. The van der Waals surface area contributed by atoms with E-state index in [2.05, 4.69) is 5.32 Å². The summed E-state index contributed by atoms with van der Waals surface area (Å²) in [5.74, 6) is -0.615. The summed E-state index contributed by atoms with van der Waals surface area (Å²) in [6, 6.07) is 12.2. The number of hydrogen-bond acceptors (Lipinski definition) is 7. The van der Waals surface area contributed by atoms with E-state index >= 15 is 0 Å². The topological polar surface area (TPSA) is 96.3 Å². The monoisotopic (exact) mass is 520 g/mol. The minimum atomic E-state index is -3.95. The third kappa shape index (κ3) is 5.68. The number of rotatable bonds is 5. The number of thioether (sulfide) groups is 1. The number of halogens is 1. The molecular formula is C24H25FN2O4S3. The maximum absolute atomic E-state index is 13.7. The van der Waals surface area contributed by atoms with Gasteiger partial charge in [-0.05, 0) is 74.9 Å². The maximum Gasteiger partial charge on any atom is 0.413 e. The normalized spacial score (nSPS) is 11.8. The molecule has 1 aromatic heterocycles. The molecule has 3 rings (SSSR count). The van der Waals surface area contributed by atoms with E-state index in [0.29, 0.717) is 25.8 Å². The Morgan fingerprint density at radius 1 is 1.12 bits per heavy atom. The number of carbonyl (C=O) groups is 1. The van der Waals surface area contributed by atoms with Gasteiger partial charge in [0.2, 0.25) is 9.84 Å². The Kier molecular flexibility index (Phi) is 7.54. The van der Waals surface area contributed by atoms with Gasteiger partial charge in [0.25, 0.3) is 0 Å². The number of amides is 1. The van der Waals surface area contributed by atoms with Crippen LogP contribution in [-0.4, -0.2) is 32.2 Å². The molecule has 10 heteroatoms. The van der Waals surface area contributed by atoms with Gasteiger partial charge in [-0.3, -0.25) is 10.7 Å². The Labute approximate surface area is 207 Å². The highest BCUT2D eigenvalue weighted by molar-refractivity contribution is 8.01. The summed E-state index contributed by atoms with van der Waals surface area (Å²) in [4.78, 5) is 12.5. The van der Waals surface area contributed by atoms with E-state index in [1.165, 1.54) is 36.0 Å². The van der Waals surface area contributed by atoms with Crippen LogP contribution >= 0.6 is 23.1 Å². The van der Waals surface area contributed by atoms with Crippen LogP contribution in [0.15, 0.2) is 62.5 Å². The second-order valence-electron chi connectivity index (χ2n) is 8.41. The third-order valence-electron chi connectivity index (χ3n) is 4.74. The average molecular weight is 521 g/mol. The molecule has 34 heavy (non-hydrogen) atoms. The highest BCUT2D eigenvalue weighted by atomic mass is 32.2. The Bertz CT molecular complexity index is 1340. The van der Waals surface area contributed by atoms with Crippen molar-refractivity contribution in [2.45, 2.75) is 47.3 Å². The first-order valence-corrected chi connectivity index (χ1v) is 13.7. The van der Waals surface area contributed by atoms with Crippen LogP contribution in [-0.2, 0) is 14.6 Å². The number of sulfone groups is 1. The number of amidine groups is 1. The van der Waals surface area contributed by atoms with Gasteiger partial charge in [0.1, 0.15) is 17.3 Å². The van der Waals surface area contributed by atoms with E-state index < -0.39 is 21.5 Å². The smallest absolute Gasteiger partial charge is 0.413 e. The number of ether oxygens (including phenoxy) is 1. The van der Waals surface area contributed by atoms with Crippen LogP contribution in [0.3, 0.4) is 0 Å². The van der Waals surface area contributed by atoms with Gasteiger partial charge in [0.05, 0.1) is 18.9 Å². The number of hydrogen-bond donors (Lipinski definition) is 2. The first-order chi connectivity index (χ1) is 15.8. The van der Waals surface area contributed by atoms with Crippen LogP contribution in [0.2, 0.25) is 0 Å². The number of thiophene rings is 1. The second kappa shape index (κ2) is 9.89. The van der Waals surface area contributed by atoms with Crippen LogP contribution in [0.25, 0.3) is 11.1 Å². The summed E-state index contributed by atoms with van der Waals surface area (Å²) < 4.78 is 46.4. The quantitative estimate of drug-likeness (QED) is 0.235. The molecule has 6 nitrogen and oxygen atoms in total. The largest absolute Gasteiger partial charge is 0.444 e. The van der Waals surface area contributed by atoms with E-state index in [9.17, 15) is 17.6 Å². The van der Waals surface area contributed by atoms with Crippen molar-refractivity contribution in [3.63, 3.8) is 0 Å². The van der Waals surface area contributed by atoms with E-state index in [1.54, 1.807) is 58.2 Å².